The third-order valence-electron chi connectivity index (χ3n) is 4.10. The second kappa shape index (κ2) is 8.15. The molecule has 3 aromatic carbocycles. The molecule has 0 heterocycles. The molecule has 134 valence electrons. The van der Waals surface area contributed by atoms with Gasteiger partial charge in [-0.25, -0.2) is 0 Å². The third-order valence-corrected chi connectivity index (χ3v) is 5.09. The monoisotopic (exact) mass is 367 g/mol. The van der Waals surface area contributed by atoms with Crippen LogP contribution < -0.4 is 14.8 Å². The van der Waals surface area contributed by atoms with E-state index in [0.29, 0.717) is 17.3 Å². The molecule has 0 fully saturated rings. The molecule has 0 aromatic heterocycles. The van der Waals surface area contributed by atoms with Crippen LogP contribution in [0.25, 0.3) is 10.8 Å². The van der Waals surface area contributed by atoms with Gasteiger partial charge in [-0.05, 0) is 41.5 Å². The maximum atomic E-state index is 12.4. The smallest absolute Gasteiger partial charge is 0.234 e. The zero-order valence-electron chi connectivity index (χ0n) is 15.0. The van der Waals surface area contributed by atoms with Crippen molar-refractivity contribution in [2.75, 3.05) is 25.3 Å². The summed E-state index contributed by atoms with van der Waals surface area (Å²) in [6.07, 6.45) is 0. The van der Waals surface area contributed by atoms with Crippen LogP contribution in [0.1, 0.15) is 5.56 Å². The molecule has 0 bridgehead atoms. The van der Waals surface area contributed by atoms with Gasteiger partial charge in [-0.1, -0.05) is 30.3 Å². The minimum Gasteiger partial charge on any atom is -0.493 e. The number of aryl methyl sites for hydroxylation is 1. The van der Waals surface area contributed by atoms with Crippen LogP contribution >= 0.6 is 11.8 Å². The Morgan fingerprint density at radius 3 is 2.38 bits per heavy atom. The average Bonchev–Trinajstić information content (AvgIpc) is 2.67. The van der Waals surface area contributed by atoms with Gasteiger partial charge in [0.1, 0.15) is 0 Å². The van der Waals surface area contributed by atoms with Crippen molar-refractivity contribution in [3.8, 4) is 11.5 Å². The van der Waals surface area contributed by atoms with E-state index in [0.717, 1.165) is 16.1 Å². The molecule has 1 N–H and O–H groups in total. The lowest BCUT2D eigenvalue weighted by Crippen LogP contribution is -2.15. The Bertz CT molecular complexity index is 940. The van der Waals surface area contributed by atoms with E-state index in [9.17, 15) is 4.79 Å². The van der Waals surface area contributed by atoms with Crippen molar-refractivity contribution in [3.63, 3.8) is 0 Å². The lowest BCUT2D eigenvalue weighted by Gasteiger charge is -2.13. The molecule has 0 radical (unpaired) electrons. The number of thioether (sulfide) groups is 1. The number of hydrogen-bond donors (Lipinski definition) is 1. The number of rotatable bonds is 6. The van der Waals surface area contributed by atoms with Crippen molar-refractivity contribution < 1.29 is 14.3 Å². The molecule has 0 atom stereocenters. The molecule has 3 rings (SSSR count). The normalized spacial score (nSPS) is 10.6. The first-order valence-corrected chi connectivity index (χ1v) is 9.23. The van der Waals surface area contributed by atoms with Crippen molar-refractivity contribution >= 4 is 34.1 Å². The molecule has 4 nitrogen and oxygen atoms in total. The predicted octanol–water partition coefficient (Wildman–Crippen LogP) is 4.90. The zero-order valence-corrected chi connectivity index (χ0v) is 15.9. The van der Waals surface area contributed by atoms with Gasteiger partial charge in [0.25, 0.3) is 0 Å². The number of anilines is 1. The number of fused-ring (bicyclic) bond motifs is 1. The number of hydrogen-bond acceptors (Lipinski definition) is 4. The van der Waals surface area contributed by atoms with Gasteiger partial charge in [-0.3, -0.25) is 4.79 Å². The largest absolute Gasteiger partial charge is 0.493 e. The van der Waals surface area contributed by atoms with E-state index < -0.39 is 0 Å². The van der Waals surface area contributed by atoms with E-state index in [1.54, 1.807) is 20.3 Å². The van der Waals surface area contributed by atoms with E-state index in [-0.39, 0.29) is 5.91 Å². The molecule has 3 aromatic rings. The van der Waals surface area contributed by atoms with E-state index >= 15 is 0 Å². The summed E-state index contributed by atoms with van der Waals surface area (Å²) in [5.74, 6) is 1.52. The third kappa shape index (κ3) is 4.11. The Kier molecular flexibility index (Phi) is 5.68. The van der Waals surface area contributed by atoms with Crippen molar-refractivity contribution in [2.45, 2.75) is 11.8 Å². The topological polar surface area (TPSA) is 47.6 Å². The van der Waals surface area contributed by atoms with Gasteiger partial charge in [0, 0.05) is 16.6 Å². The van der Waals surface area contributed by atoms with Crippen molar-refractivity contribution in [2.24, 2.45) is 0 Å². The molecule has 0 saturated heterocycles. The first kappa shape index (κ1) is 18.1. The molecular weight excluding hydrogens is 346 g/mol. The number of benzene rings is 3. The summed E-state index contributed by atoms with van der Waals surface area (Å²) in [7, 11) is 3.17. The van der Waals surface area contributed by atoms with Gasteiger partial charge >= 0.3 is 0 Å². The average molecular weight is 367 g/mol. The van der Waals surface area contributed by atoms with Crippen LogP contribution in [0.3, 0.4) is 0 Å². The van der Waals surface area contributed by atoms with Gasteiger partial charge < -0.3 is 14.8 Å². The number of methoxy groups -OCH3 is 2. The molecule has 26 heavy (non-hydrogen) atoms. The van der Waals surface area contributed by atoms with Crippen LogP contribution in [-0.2, 0) is 4.79 Å². The maximum Gasteiger partial charge on any atom is 0.234 e. The molecule has 0 spiro atoms. The van der Waals surface area contributed by atoms with Gasteiger partial charge in [0.2, 0.25) is 5.91 Å². The molecule has 0 saturated carbocycles. The molecule has 1 amide bonds. The Morgan fingerprint density at radius 2 is 1.65 bits per heavy atom. The number of carbonyl (C=O) groups is 1. The quantitative estimate of drug-likeness (QED) is 0.630. The highest BCUT2D eigenvalue weighted by molar-refractivity contribution is 8.00. The summed E-state index contributed by atoms with van der Waals surface area (Å²) in [6, 6.07) is 18.1. The van der Waals surface area contributed by atoms with Crippen LogP contribution in [0, 0.1) is 6.92 Å². The molecular formula is C21H21NO3S. The van der Waals surface area contributed by atoms with Crippen LogP contribution in [-0.4, -0.2) is 25.9 Å². The molecule has 0 unspecified atom stereocenters. The van der Waals surface area contributed by atoms with Crippen molar-refractivity contribution in [3.05, 3.63) is 60.2 Å². The molecule has 0 aliphatic heterocycles. The van der Waals surface area contributed by atoms with Crippen molar-refractivity contribution in [1.29, 1.82) is 0 Å². The summed E-state index contributed by atoms with van der Waals surface area (Å²) in [4.78, 5) is 13.4. The summed E-state index contributed by atoms with van der Waals surface area (Å²) < 4.78 is 10.6. The lowest BCUT2D eigenvalue weighted by molar-refractivity contribution is -0.113. The maximum absolute atomic E-state index is 12.4. The van der Waals surface area contributed by atoms with Crippen LogP contribution in [0.5, 0.6) is 11.5 Å². The standard InChI is InChI=1S/C21H21NO3S/c1-14-10-19(24-2)20(25-3)12-18(14)22-21(23)13-26-17-9-8-15-6-4-5-7-16(15)11-17/h4-12H,13H2,1-3H3,(H,22,23). The van der Waals surface area contributed by atoms with E-state index in [4.69, 9.17) is 9.47 Å². The second-order valence-electron chi connectivity index (χ2n) is 5.87. The Labute approximate surface area is 157 Å². The van der Waals surface area contributed by atoms with Crippen molar-refractivity contribution in [1.82, 2.24) is 0 Å². The predicted molar refractivity (Wildman–Crippen MR) is 108 cm³/mol. The SMILES string of the molecule is COc1cc(C)c(NC(=O)CSc2ccc3ccccc3c2)cc1OC. The fourth-order valence-electron chi connectivity index (χ4n) is 2.71. The van der Waals surface area contributed by atoms with Crippen LogP contribution in [0.4, 0.5) is 5.69 Å². The molecule has 0 aliphatic rings. The second-order valence-corrected chi connectivity index (χ2v) is 6.92. The Hall–Kier alpha value is -2.66. The van der Waals surface area contributed by atoms with Crippen LogP contribution in [0.15, 0.2) is 59.5 Å². The summed E-state index contributed by atoms with van der Waals surface area (Å²) >= 11 is 1.52. The van der Waals surface area contributed by atoms with Crippen LogP contribution in [0.2, 0.25) is 0 Å². The fraction of sp³-hybridized carbons (Fsp3) is 0.190. The number of ether oxygens (including phenoxy) is 2. The summed E-state index contributed by atoms with van der Waals surface area (Å²) in [5, 5.41) is 5.32. The minimum absolute atomic E-state index is 0.0570. The lowest BCUT2D eigenvalue weighted by atomic mass is 10.1. The van der Waals surface area contributed by atoms with Gasteiger partial charge in [-0.15, -0.1) is 11.8 Å². The summed E-state index contributed by atoms with van der Waals surface area (Å²) in [5.41, 5.74) is 1.65. The molecule has 0 aliphatic carbocycles. The first-order chi connectivity index (χ1) is 12.6. The highest BCUT2D eigenvalue weighted by atomic mass is 32.2. The van der Waals surface area contributed by atoms with E-state index in [1.165, 1.54) is 22.5 Å². The zero-order chi connectivity index (χ0) is 18.5. The Balaban J connectivity index is 1.66. The van der Waals surface area contributed by atoms with Gasteiger partial charge in [0.15, 0.2) is 11.5 Å². The van der Waals surface area contributed by atoms with Gasteiger partial charge in [0.05, 0.1) is 20.0 Å². The van der Waals surface area contributed by atoms with Gasteiger partial charge in [-0.2, -0.15) is 0 Å². The fourth-order valence-corrected chi connectivity index (χ4v) is 3.45. The first-order valence-electron chi connectivity index (χ1n) is 8.25. The number of nitrogens with one attached hydrogen (secondary N) is 1. The van der Waals surface area contributed by atoms with E-state index in [1.807, 2.05) is 31.2 Å². The minimum atomic E-state index is -0.0570. The number of carbonyl (C=O) groups excluding carboxylic acids is 1. The number of amides is 1. The highest BCUT2D eigenvalue weighted by Gasteiger charge is 2.11. The molecule has 5 heteroatoms. The summed E-state index contributed by atoms with van der Waals surface area (Å²) in [6.45, 7) is 1.92. The highest BCUT2D eigenvalue weighted by Crippen LogP contribution is 2.33. The Morgan fingerprint density at radius 1 is 0.962 bits per heavy atom. The van der Waals surface area contributed by atoms with E-state index in [2.05, 4.69) is 29.6 Å².